The van der Waals surface area contributed by atoms with Gasteiger partial charge in [-0.3, -0.25) is 9.59 Å². The van der Waals surface area contributed by atoms with Crippen molar-refractivity contribution in [3.05, 3.63) is 48.0 Å². The van der Waals surface area contributed by atoms with Crippen LogP contribution in [-0.4, -0.2) is 37.8 Å². The summed E-state index contributed by atoms with van der Waals surface area (Å²) in [6, 6.07) is 12.0. The molecule has 8 nitrogen and oxygen atoms in total. The Balaban J connectivity index is 1.52. The van der Waals surface area contributed by atoms with E-state index in [1.165, 1.54) is 6.21 Å². The summed E-state index contributed by atoms with van der Waals surface area (Å²) in [5, 5.41) is 6.27. The summed E-state index contributed by atoms with van der Waals surface area (Å²) < 4.78 is 16.2. The molecular formula is C19H19N3O5. The number of hydrazone groups is 1. The predicted molar refractivity (Wildman–Crippen MR) is 99.4 cm³/mol. The molecule has 2 aromatic rings. The Morgan fingerprint density at radius 3 is 2.56 bits per heavy atom. The minimum Gasteiger partial charge on any atom is -0.494 e. The van der Waals surface area contributed by atoms with Crippen molar-refractivity contribution in [2.45, 2.75) is 6.92 Å². The molecule has 1 heterocycles. The van der Waals surface area contributed by atoms with E-state index in [0.717, 1.165) is 0 Å². The number of benzene rings is 2. The molecule has 2 aromatic carbocycles. The van der Waals surface area contributed by atoms with E-state index in [4.69, 9.17) is 14.2 Å². The Kier molecular flexibility index (Phi) is 5.88. The fourth-order valence-electron chi connectivity index (χ4n) is 2.35. The number of rotatable bonds is 5. The minimum atomic E-state index is -0.877. The summed E-state index contributed by atoms with van der Waals surface area (Å²) >= 11 is 0. The smallest absolute Gasteiger partial charge is 0.329 e. The van der Waals surface area contributed by atoms with Gasteiger partial charge < -0.3 is 19.5 Å². The fraction of sp³-hybridized carbons (Fsp3) is 0.211. The molecule has 0 saturated carbocycles. The van der Waals surface area contributed by atoms with E-state index < -0.39 is 11.8 Å². The van der Waals surface area contributed by atoms with Gasteiger partial charge in [0.1, 0.15) is 19.0 Å². The largest absolute Gasteiger partial charge is 0.494 e. The van der Waals surface area contributed by atoms with Crippen molar-refractivity contribution < 1.29 is 23.8 Å². The number of hydrogen-bond acceptors (Lipinski definition) is 6. The SMILES string of the molecule is CCOc1ccc(NC(=O)C(=O)N/N=C\c2ccc3c(c2)OCCO3)cc1. The molecule has 0 aliphatic carbocycles. The van der Waals surface area contributed by atoms with E-state index in [1.807, 2.05) is 6.92 Å². The lowest BCUT2D eigenvalue weighted by molar-refractivity contribution is -0.136. The molecule has 0 fully saturated rings. The molecule has 0 atom stereocenters. The molecule has 0 saturated heterocycles. The van der Waals surface area contributed by atoms with Crippen LogP contribution in [0.5, 0.6) is 17.2 Å². The zero-order valence-corrected chi connectivity index (χ0v) is 14.7. The van der Waals surface area contributed by atoms with Crippen LogP contribution in [0.2, 0.25) is 0 Å². The van der Waals surface area contributed by atoms with E-state index >= 15 is 0 Å². The zero-order valence-electron chi connectivity index (χ0n) is 14.7. The lowest BCUT2D eigenvalue weighted by Crippen LogP contribution is -2.32. The van der Waals surface area contributed by atoms with Crippen molar-refractivity contribution in [1.82, 2.24) is 5.43 Å². The van der Waals surface area contributed by atoms with Crippen molar-refractivity contribution in [3.8, 4) is 17.2 Å². The van der Waals surface area contributed by atoms with Crippen molar-refractivity contribution in [2.75, 3.05) is 25.1 Å². The van der Waals surface area contributed by atoms with E-state index in [0.29, 0.717) is 48.3 Å². The number of carbonyl (C=O) groups excluding carboxylic acids is 2. The second kappa shape index (κ2) is 8.70. The monoisotopic (exact) mass is 369 g/mol. The molecule has 2 N–H and O–H groups in total. The van der Waals surface area contributed by atoms with Crippen molar-refractivity contribution in [3.63, 3.8) is 0 Å². The van der Waals surface area contributed by atoms with Crippen molar-refractivity contribution >= 4 is 23.7 Å². The highest BCUT2D eigenvalue weighted by molar-refractivity contribution is 6.39. The number of carbonyl (C=O) groups is 2. The predicted octanol–water partition coefficient (Wildman–Crippen LogP) is 1.95. The summed E-state index contributed by atoms with van der Waals surface area (Å²) in [5.74, 6) is 0.266. The Morgan fingerprint density at radius 2 is 1.81 bits per heavy atom. The van der Waals surface area contributed by atoms with Gasteiger partial charge in [0, 0.05) is 5.69 Å². The summed E-state index contributed by atoms with van der Waals surface area (Å²) in [4.78, 5) is 23.7. The number of hydrogen-bond donors (Lipinski definition) is 2. The molecule has 0 aromatic heterocycles. The third kappa shape index (κ3) is 4.97. The second-order valence-electron chi connectivity index (χ2n) is 5.51. The Labute approximate surface area is 156 Å². The molecule has 8 heteroatoms. The average Bonchev–Trinajstić information content (AvgIpc) is 2.69. The highest BCUT2D eigenvalue weighted by atomic mass is 16.6. The van der Waals surface area contributed by atoms with Crippen molar-refractivity contribution in [1.29, 1.82) is 0 Å². The summed E-state index contributed by atoms with van der Waals surface area (Å²) in [5.41, 5.74) is 3.37. The van der Waals surface area contributed by atoms with Gasteiger partial charge in [-0.15, -0.1) is 0 Å². The normalized spacial score (nSPS) is 12.5. The van der Waals surface area contributed by atoms with Gasteiger partial charge in [0.05, 0.1) is 12.8 Å². The van der Waals surface area contributed by atoms with Crippen molar-refractivity contribution in [2.24, 2.45) is 5.10 Å². The molecular weight excluding hydrogens is 350 g/mol. The second-order valence-corrected chi connectivity index (χ2v) is 5.51. The van der Waals surface area contributed by atoms with Gasteiger partial charge in [-0.05, 0) is 55.0 Å². The van der Waals surface area contributed by atoms with Gasteiger partial charge in [-0.1, -0.05) is 0 Å². The number of nitrogens with one attached hydrogen (secondary N) is 2. The summed E-state index contributed by atoms with van der Waals surface area (Å²) in [6.45, 7) is 3.43. The van der Waals surface area contributed by atoms with E-state index in [-0.39, 0.29) is 0 Å². The van der Waals surface area contributed by atoms with Crippen LogP contribution in [0, 0.1) is 0 Å². The van der Waals surface area contributed by atoms with Crippen LogP contribution in [0.15, 0.2) is 47.6 Å². The third-order valence-corrected chi connectivity index (χ3v) is 3.58. The first-order valence-electron chi connectivity index (χ1n) is 8.42. The molecule has 1 aliphatic heterocycles. The molecule has 0 radical (unpaired) electrons. The first-order chi connectivity index (χ1) is 13.2. The van der Waals surface area contributed by atoms with E-state index in [2.05, 4.69) is 15.8 Å². The zero-order chi connectivity index (χ0) is 19.1. The number of anilines is 1. The fourth-order valence-corrected chi connectivity index (χ4v) is 2.35. The quantitative estimate of drug-likeness (QED) is 0.477. The lowest BCUT2D eigenvalue weighted by atomic mass is 10.2. The topological polar surface area (TPSA) is 98.2 Å². The number of ether oxygens (including phenoxy) is 3. The van der Waals surface area contributed by atoms with Gasteiger partial charge >= 0.3 is 11.8 Å². The van der Waals surface area contributed by atoms with Crippen LogP contribution in [0.25, 0.3) is 0 Å². The first kappa shape index (κ1) is 18.2. The van der Waals surface area contributed by atoms with Gasteiger partial charge in [0.2, 0.25) is 0 Å². The molecule has 27 heavy (non-hydrogen) atoms. The number of nitrogens with zero attached hydrogens (tertiary/aromatic N) is 1. The van der Waals surface area contributed by atoms with Gasteiger partial charge in [0.15, 0.2) is 11.5 Å². The molecule has 0 spiro atoms. The maximum atomic E-state index is 11.9. The highest BCUT2D eigenvalue weighted by Crippen LogP contribution is 2.30. The van der Waals surface area contributed by atoms with Gasteiger partial charge in [0.25, 0.3) is 0 Å². The molecule has 2 amide bonds. The molecule has 1 aliphatic rings. The van der Waals surface area contributed by atoms with E-state index in [1.54, 1.807) is 42.5 Å². The molecule has 0 bridgehead atoms. The first-order valence-corrected chi connectivity index (χ1v) is 8.42. The maximum Gasteiger partial charge on any atom is 0.329 e. The van der Waals surface area contributed by atoms with Crippen LogP contribution in [0.1, 0.15) is 12.5 Å². The van der Waals surface area contributed by atoms with Crippen LogP contribution >= 0.6 is 0 Å². The van der Waals surface area contributed by atoms with E-state index in [9.17, 15) is 9.59 Å². The summed E-state index contributed by atoms with van der Waals surface area (Å²) in [6.07, 6.45) is 1.42. The average molecular weight is 369 g/mol. The number of fused-ring (bicyclic) bond motifs is 1. The molecule has 3 rings (SSSR count). The standard InChI is InChI=1S/C19H19N3O5/c1-2-25-15-6-4-14(5-7-15)21-18(23)19(24)22-20-12-13-3-8-16-17(11-13)27-10-9-26-16/h3-8,11-12H,2,9-10H2,1H3,(H,21,23)(H,22,24)/b20-12-. The van der Waals surface area contributed by atoms with Crippen LogP contribution in [0.4, 0.5) is 5.69 Å². The van der Waals surface area contributed by atoms with Gasteiger partial charge in [-0.2, -0.15) is 5.10 Å². The lowest BCUT2D eigenvalue weighted by Gasteiger charge is -2.18. The van der Waals surface area contributed by atoms with Crippen LogP contribution in [0.3, 0.4) is 0 Å². The number of amides is 2. The highest BCUT2D eigenvalue weighted by Gasteiger charge is 2.13. The van der Waals surface area contributed by atoms with Crippen LogP contribution in [-0.2, 0) is 9.59 Å². The van der Waals surface area contributed by atoms with Gasteiger partial charge in [-0.25, -0.2) is 5.43 Å². The Hall–Kier alpha value is -3.55. The minimum absolute atomic E-state index is 0.481. The molecule has 140 valence electrons. The van der Waals surface area contributed by atoms with Crippen LogP contribution < -0.4 is 25.0 Å². The maximum absolute atomic E-state index is 11.9. The third-order valence-electron chi connectivity index (χ3n) is 3.58. The Bertz CT molecular complexity index is 849. The Morgan fingerprint density at radius 1 is 1.07 bits per heavy atom. The summed E-state index contributed by atoms with van der Waals surface area (Å²) in [7, 11) is 0. The molecule has 0 unspecified atom stereocenters.